The average molecular weight is 293 g/mol. The monoisotopic (exact) mass is 292 g/mol. The summed E-state index contributed by atoms with van der Waals surface area (Å²) < 4.78 is 2.39. The zero-order chi connectivity index (χ0) is 15.3. The molecule has 1 atom stereocenters. The van der Waals surface area contributed by atoms with Crippen LogP contribution in [0.2, 0.25) is 0 Å². The Balaban J connectivity index is 2.25. The van der Waals surface area contributed by atoms with Crippen molar-refractivity contribution in [1.29, 1.82) is 0 Å². The molecule has 1 unspecified atom stereocenters. The maximum atomic E-state index is 4.57. The highest BCUT2D eigenvalue weighted by Gasteiger charge is 2.08. The van der Waals surface area contributed by atoms with Crippen LogP contribution < -0.4 is 0 Å². The van der Waals surface area contributed by atoms with Gasteiger partial charge in [0.15, 0.2) is 0 Å². The molecule has 0 aliphatic rings. The van der Waals surface area contributed by atoms with Gasteiger partial charge in [-0.05, 0) is 18.8 Å². The molecule has 1 aromatic heterocycles. The fourth-order valence-corrected chi connectivity index (χ4v) is 3.13. The number of hydrogen-bond acceptors (Lipinski definition) is 1. The van der Waals surface area contributed by atoms with Crippen molar-refractivity contribution in [2.45, 2.75) is 97.9 Å². The molecule has 1 heterocycles. The lowest BCUT2D eigenvalue weighted by Crippen LogP contribution is -2.07. The van der Waals surface area contributed by atoms with Crippen LogP contribution in [0.25, 0.3) is 0 Å². The summed E-state index contributed by atoms with van der Waals surface area (Å²) in [6.07, 6.45) is 18.8. The van der Waals surface area contributed by atoms with Crippen LogP contribution in [0.4, 0.5) is 0 Å². The largest absolute Gasteiger partial charge is 0.335 e. The minimum atomic E-state index is 0.884. The van der Waals surface area contributed by atoms with Gasteiger partial charge in [0, 0.05) is 25.4 Å². The lowest BCUT2D eigenvalue weighted by molar-refractivity contribution is 0.423. The number of hydrogen-bond donors (Lipinski definition) is 0. The van der Waals surface area contributed by atoms with Crippen LogP contribution in [0, 0.1) is 5.92 Å². The lowest BCUT2D eigenvalue weighted by Gasteiger charge is -2.14. The molecule has 1 aromatic rings. The second kappa shape index (κ2) is 11.8. The van der Waals surface area contributed by atoms with Crippen molar-refractivity contribution in [3.63, 3.8) is 0 Å². The molecule has 0 fully saturated rings. The van der Waals surface area contributed by atoms with Crippen molar-refractivity contribution in [3.05, 3.63) is 18.2 Å². The standard InChI is InChI=1S/C19H36N2/c1-4-7-8-9-10-11-16-21-17-15-20-19(21)14-13-18(6-3)12-5-2/h15,17-18H,4-14,16H2,1-3H3. The second-order valence-electron chi connectivity index (χ2n) is 6.41. The fraction of sp³-hybridized carbons (Fsp3) is 0.842. The van der Waals surface area contributed by atoms with Gasteiger partial charge in [-0.1, -0.05) is 72.1 Å². The van der Waals surface area contributed by atoms with Gasteiger partial charge in [0.05, 0.1) is 0 Å². The molecule has 122 valence electrons. The number of unbranched alkanes of at least 4 members (excludes halogenated alkanes) is 5. The van der Waals surface area contributed by atoms with Gasteiger partial charge in [0.25, 0.3) is 0 Å². The summed E-state index contributed by atoms with van der Waals surface area (Å²) in [4.78, 5) is 4.57. The van der Waals surface area contributed by atoms with Crippen molar-refractivity contribution < 1.29 is 0 Å². The van der Waals surface area contributed by atoms with E-state index in [1.807, 2.05) is 6.20 Å². The summed E-state index contributed by atoms with van der Waals surface area (Å²) in [5, 5.41) is 0. The number of aromatic nitrogens is 2. The maximum Gasteiger partial charge on any atom is 0.108 e. The molecular weight excluding hydrogens is 256 g/mol. The summed E-state index contributed by atoms with van der Waals surface area (Å²) in [6.45, 7) is 8.05. The Morgan fingerprint density at radius 2 is 1.71 bits per heavy atom. The Morgan fingerprint density at radius 1 is 0.952 bits per heavy atom. The molecule has 0 bridgehead atoms. The quantitative estimate of drug-likeness (QED) is 0.407. The Labute approximate surface area is 132 Å². The average Bonchev–Trinajstić information content (AvgIpc) is 2.94. The lowest BCUT2D eigenvalue weighted by atomic mass is 9.95. The van der Waals surface area contributed by atoms with E-state index in [1.165, 1.54) is 70.0 Å². The number of imidazole rings is 1. The van der Waals surface area contributed by atoms with Crippen LogP contribution in [0.15, 0.2) is 12.4 Å². The molecule has 21 heavy (non-hydrogen) atoms. The van der Waals surface area contributed by atoms with E-state index in [0.29, 0.717) is 0 Å². The van der Waals surface area contributed by atoms with Gasteiger partial charge in [-0.25, -0.2) is 4.98 Å². The van der Waals surface area contributed by atoms with Crippen LogP contribution in [-0.4, -0.2) is 9.55 Å². The Bertz CT molecular complexity index is 343. The minimum Gasteiger partial charge on any atom is -0.335 e. The summed E-state index contributed by atoms with van der Waals surface area (Å²) >= 11 is 0. The minimum absolute atomic E-state index is 0.884. The Kier molecular flexibility index (Phi) is 10.3. The van der Waals surface area contributed by atoms with Crippen LogP contribution in [-0.2, 0) is 13.0 Å². The van der Waals surface area contributed by atoms with Crippen LogP contribution in [0.3, 0.4) is 0 Å². The molecule has 0 amide bonds. The third-order valence-corrected chi connectivity index (χ3v) is 4.60. The van der Waals surface area contributed by atoms with Gasteiger partial charge in [0.2, 0.25) is 0 Å². The van der Waals surface area contributed by atoms with Crippen molar-refractivity contribution in [2.75, 3.05) is 0 Å². The maximum absolute atomic E-state index is 4.57. The Hall–Kier alpha value is -0.790. The molecule has 1 rings (SSSR count). The van der Waals surface area contributed by atoms with E-state index >= 15 is 0 Å². The first-order valence-corrected chi connectivity index (χ1v) is 9.31. The number of nitrogens with zero attached hydrogens (tertiary/aromatic N) is 2. The molecule has 0 aromatic carbocycles. The zero-order valence-electron chi connectivity index (χ0n) is 14.6. The number of aryl methyl sites for hydroxylation is 2. The predicted octanol–water partition coefficient (Wildman–Crippen LogP) is 6.00. The molecule has 0 radical (unpaired) electrons. The van der Waals surface area contributed by atoms with Gasteiger partial charge >= 0.3 is 0 Å². The predicted molar refractivity (Wildman–Crippen MR) is 92.6 cm³/mol. The SMILES string of the molecule is CCCCCCCCn1ccnc1CCC(CC)CCC. The first-order chi connectivity index (χ1) is 10.3. The fourth-order valence-electron chi connectivity index (χ4n) is 3.13. The van der Waals surface area contributed by atoms with Gasteiger partial charge in [-0.15, -0.1) is 0 Å². The molecule has 0 saturated heterocycles. The van der Waals surface area contributed by atoms with E-state index in [0.717, 1.165) is 18.9 Å². The third-order valence-electron chi connectivity index (χ3n) is 4.60. The highest BCUT2D eigenvalue weighted by molar-refractivity contribution is 4.92. The Morgan fingerprint density at radius 3 is 2.43 bits per heavy atom. The summed E-state index contributed by atoms with van der Waals surface area (Å²) in [6, 6.07) is 0. The van der Waals surface area contributed by atoms with E-state index < -0.39 is 0 Å². The van der Waals surface area contributed by atoms with Crippen molar-refractivity contribution in [2.24, 2.45) is 5.92 Å². The summed E-state index contributed by atoms with van der Waals surface area (Å²) in [5.74, 6) is 2.19. The van der Waals surface area contributed by atoms with Gasteiger partial charge < -0.3 is 4.57 Å². The topological polar surface area (TPSA) is 17.8 Å². The zero-order valence-corrected chi connectivity index (χ0v) is 14.6. The third kappa shape index (κ3) is 7.68. The molecule has 0 spiro atoms. The summed E-state index contributed by atoms with van der Waals surface area (Å²) in [7, 11) is 0. The molecule has 0 saturated carbocycles. The van der Waals surface area contributed by atoms with Crippen LogP contribution >= 0.6 is 0 Å². The van der Waals surface area contributed by atoms with Crippen molar-refractivity contribution >= 4 is 0 Å². The van der Waals surface area contributed by atoms with Crippen LogP contribution in [0.1, 0.15) is 90.8 Å². The molecular formula is C19H36N2. The van der Waals surface area contributed by atoms with E-state index in [4.69, 9.17) is 0 Å². The molecule has 2 nitrogen and oxygen atoms in total. The smallest absolute Gasteiger partial charge is 0.108 e. The van der Waals surface area contributed by atoms with E-state index in [1.54, 1.807) is 0 Å². The van der Waals surface area contributed by atoms with Crippen LogP contribution in [0.5, 0.6) is 0 Å². The van der Waals surface area contributed by atoms with Gasteiger partial charge in [-0.3, -0.25) is 0 Å². The summed E-state index contributed by atoms with van der Waals surface area (Å²) in [5.41, 5.74) is 0. The van der Waals surface area contributed by atoms with Crippen molar-refractivity contribution in [1.82, 2.24) is 9.55 Å². The van der Waals surface area contributed by atoms with Gasteiger partial charge in [0.1, 0.15) is 5.82 Å². The second-order valence-corrected chi connectivity index (χ2v) is 6.41. The number of rotatable bonds is 13. The normalized spacial score (nSPS) is 12.7. The highest BCUT2D eigenvalue weighted by Crippen LogP contribution is 2.18. The molecule has 0 N–H and O–H groups in total. The first kappa shape index (κ1) is 18.3. The highest BCUT2D eigenvalue weighted by atomic mass is 15.1. The molecule has 0 aliphatic heterocycles. The van der Waals surface area contributed by atoms with E-state index in [2.05, 4.69) is 36.5 Å². The van der Waals surface area contributed by atoms with Gasteiger partial charge in [-0.2, -0.15) is 0 Å². The van der Waals surface area contributed by atoms with E-state index in [9.17, 15) is 0 Å². The van der Waals surface area contributed by atoms with E-state index in [-0.39, 0.29) is 0 Å². The first-order valence-electron chi connectivity index (χ1n) is 9.31. The molecule has 0 aliphatic carbocycles. The molecule has 2 heteroatoms. The van der Waals surface area contributed by atoms with Crippen molar-refractivity contribution in [3.8, 4) is 0 Å².